The van der Waals surface area contributed by atoms with E-state index in [-0.39, 0.29) is 22.3 Å². The fourth-order valence-corrected chi connectivity index (χ4v) is 2.81. The number of carbonyl (C=O) groups excluding carboxylic acids is 3. The van der Waals surface area contributed by atoms with Crippen LogP contribution in [-0.2, 0) is 9.53 Å². The van der Waals surface area contributed by atoms with Gasteiger partial charge in [0.05, 0.1) is 24.3 Å². The molecule has 166 valence electrons. The summed E-state index contributed by atoms with van der Waals surface area (Å²) in [5.74, 6) is -0.403. The van der Waals surface area contributed by atoms with Gasteiger partial charge in [-0.1, -0.05) is 25.4 Å². The molecule has 7 nitrogen and oxygen atoms in total. The predicted molar refractivity (Wildman–Crippen MR) is 118 cm³/mol. The first-order valence-corrected chi connectivity index (χ1v) is 10.1. The van der Waals surface area contributed by atoms with E-state index in [0.717, 1.165) is 0 Å². The lowest BCUT2D eigenvalue weighted by Crippen LogP contribution is -2.30. The molecule has 2 aromatic carbocycles. The van der Waals surface area contributed by atoms with E-state index < -0.39 is 18.0 Å². The summed E-state index contributed by atoms with van der Waals surface area (Å²) in [5, 5.41) is 2.84. The molecule has 0 aliphatic rings. The van der Waals surface area contributed by atoms with Gasteiger partial charge in [-0.25, -0.2) is 4.79 Å². The molecule has 0 saturated carbocycles. The van der Waals surface area contributed by atoms with Crippen LogP contribution in [0.15, 0.2) is 36.4 Å². The highest BCUT2D eigenvalue weighted by molar-refractivity contribution is 6.32. The van der Waals surface area contributed by atoms with E-state index in [2.05, 4.69) is 5.32 Å². The Morgan fingerprint density at radius 3 is 2.23 bits per heavy atom. The van der Waals surface area contributed by atoms with Crippen LogP contribution >= 0.6 is 11.6 Å². The number of rotatable bonds is 9. The van der Waals surface area contributed by atoms with Gasteiger partial charge < -0.3 is 19.5 Å². The molecule has 1 atom stereocenters. The van der Waals surface area contributed by atoms with Crippen molar-refractivity contribution in [1.29, 1.82) is 0 Å². The molecular formula is C23H26ClNO6. The van der Waals surface area contributed by atoms with Gasteiger partial charge in [0.1, 0.15) is 0 Å². The average Bonchev–Trinajstić information content (AvgIpc) is 2.72. The SMILES string of the molecule is COc1cc(C(=O)OC(C)C(=O)Nc2ccc(C(C)=O)cc2)cc(Cl)c1OCC(C)C. The van der Waals surface area contributed by atoms with Crippen LogP contribution < -0.4 is 14.8 Å². The zero-order valence-electron chi connectivity index (χ0n) is 18.2. The summed E-state index contributed by atoms with van der Waals surface area (Å²) in [6.07, 6.45) is -1.07. The summed E-state index contributed by atoms with van der Waals surface area (Å²) in [4.78, 5) is 36.2. The second kappa shape index (κ2) is 10.8. The fourth-order valence-electron chi connectivity index (χ4n) is 2.54. The molecule has 2 rings (SSSR count). The monoisotopic (exact) mass is 447 g/mol. The molecule has 0 spiro atoms. The predicted octanol–water partition coefficient (Wildman–Crippen LogP) is 4.77. The molecule has 0 aliphatic carbocycles. The van der Waals surface area contributed by atoms with Crippen LogP contribution in [0.25, 0.3) is 0 Å². The number of nitrogens with one attached hydrogen (secondary N) is 1. The lowest BCUT2D eigenvalue weighted by Gasteiger charge is -2.17. The van der Waals surface area contributed by atoms with Crippen LogP contribution in [0.4, 0.5) is 5.69 Å². The number of ketones is 1. The summed E-state index contributed by atoms with van der Waals surface area (Å²) in [6, 6.07) is 9.27. The van der Waals surface area contributed by atoms with Crippen LogP contribution in [0.5, 0.6) is 11.5 Å². The van der Waals surface area contributed by atoms with Crippen LogP contribution in [0.2, 0.25) is 5.02 Å². The molecule has 1 unspecified atom stereocenters. The molecule has 0 bridgehead atoms. The lowest BCUT2D eigenvalue weighted by molar-refractivity contribution is -0.123. The largest absolute Gasteiger partial charge is 0.493 e. The van der Waals surface area contributed by atoms with E-state index in [1.165, 1.54) is 33.1 Å². The van der Waals surface area contributed by atoms with E-state index in [0.29, 0.717) is 29.4 Å². The van der Waals surface area contributed by atoms with Crippen molar-refractivity contribution in [2.45, 2.75) is 33.8 Å². The van der Waals surface area contributed by atoms with E-state index in [4.69, 9.17) is 25.8 Å². The highest BCUT2D eigenvalue weighted by atomic mass is 35.5. The highest BCUT2D eigenvalue weighted by Crippen LogP contribution is 2.37. The standard InChI is InChI=1S/C23H26ClNO6/c1-13(2)12-30-21-19(24)10-17(11-20(21)29-5)23(28)31-15(4)22(27)25-18-8-6-16(7-9-18)14(3)26/h6-11,13,15H,12H2,1-5H3,(H,25,27). The molecule has 31 heavy (non-hydrogen) atoms. The molecular weight excluding hydrogens is 422 g/mol. The smallest absolute Gasteiger partial charge is 0.339 e. The van der Waals surface area contributed by atoms with Gasteiger partial charge in [0.15, 0.2) is 23.4 Å². The third-order valence-electron chi connectivity index (χ3n) is 4.24. The number of halogens is 1. The minimum atomic E-state index is -1.07. The van der Waals surface area contributed by atoms with E-state index in [1.54, 1.807) is 24.3 Å². The zero-order chi connectivity index (χ0) is 23.1. The summed E-state index contributed by atoms with van der Waals surface area (Å²) >= 11 is 6.27. The number of hydrogen-bond donors (Lipinski definition) is 1. The summed E-state index contributed by atoms with van der Waals surface area (Å²) < 4.78 is 16.2. The first-order valence-electron chi connectivity index (χ1n) is 9.75. The first kappa shape index (κ1) is 24.2. The summed E-state index contributed by atoms with van der Waals surface area (Å²) in [6.45, 7) is 7.34. The summed E-state index contributed by atoms with van der Waals surface area (Å²) in [5.41, 5.74) is 1.14. The highest BCUT2D eigenvalue weighted by Gasteiger charge is 2.22. The normalized spacial score (nSPS) is 11.6. The van der Waals surface area contributed by atoms with Gasteiger partial charge in [0.25, 0.3) is 5.91 Å². The average molecular weight is 448 g/mol. The van der Waals surface area contributed by atoms with E-state index in [9.17, 15) is 14.4 Å². The van der Waals surface area contributed by atoms with Gasteiger partial charge in [-0.2, -0.15) is 0 Å². The Morgan fingerprint density at radius 1 is 1.03 bits per heavy atom. The third-order valence-corrected chi connectivity index (χ3v) is 4.52. The summed E-state index contributed by atoms with van der Waals surface area (Å²) in [7, 11) is 1.44. The Hall–Kier alpha value is -3.06. The van der Waals surface area contributed by atoms with Gasteiger partial charge >= 0.3 is 5.97 Å². The molecule has 1 N–H and O–H groups in total. The number of ether oxygens (including phenoxy) is 3. The number of benzene rings is 2. The molecule has 1 amide bonds. The minimum Gasteiger partial charge on any atom is -0.493 e. The van der Waals surface area contributed by atoms with Crippen molar-refractivity contribution in [2.75, 3.05) is 19.0 Å². The maximum absolute atomic E-state index is 12.5. The molecule has 0 aliphatic heterocycles. The molecule has 0 aromatic heterocycles. The van der Waals surface area contributed by atoms with Crippen molar-refractivity contribution in [3.8, 4) is 11.5 Å². The van der Waals surface area contributed by atoms with Crippen molar-refractivity contribution in [1.82, 2.24) is 0 Å². The van der Waals surface area contributed by atoms with Crippen molar-refractivity contribution in [3.05, 3.63) is 52.5 Å². The zero-order valence-corrected chi connectivity index (χ0v) is 18.9. The first-order chi connectivity index (χ1) is 14.6. The fraction of sp³-hybridized carbons (Fsp3) is 0.348. The lowest BCUT2D eigenvalue weighted by atomic mass is 10.1. The Balaban J connectivity index is 2.06. The second-order valence-electron chi connectivity index (χ2n) is 7.36. The van der Waals surface area contributed by atoms with Crippen molar-refractivity contribution < 1.29 is 28.6 Å². The Kier molecular flexibility index (Phi) is 8.45. The van der Waals surface area contributed by atoms with E-state index in [1.807, 2.05) is 13.8 Å². The van der Waals surface area contributed by atoms with Crippen LogP contribution in [0, 0.1) is 5.92 Å². The quantitative estimate of drug-likeness (QED) is 0.439. The van der Waals surface area contributed by atoms with Crippen molar-refractivity contribution >= 4 is 34.9 Å². The number of Topliss-reactive ketones (excluding diaryl/α,β-unsaturated/α-hetero) is 1. The number of amides is 1. The van der Waals surface area contributed by atoms with Gasteiger partial charge in [0.2, 0.25) is 0 Å². The van der Waals surface area contributed by atoms with Gasteiger partial charge in [-0.05, 0) is 56.2 Å². The molecule has 2 aromatic rings. The van der Waals surface area contributed by atoms with Crippen molar-refractivity contribution in [2.24, 2.45) is 5.92 Å². The molecule has 0 saturated heterocycles. The molecule has 0 heterocycles. The maximum Gasteiger partial charge on any atom is 0.339 e. The van der Waals surface area contributed by atoms with Gasteiger partial charge in [0, 0.05) is 11.3 Å². The van der Waals surface area contributed by atoms with Crippen molar-refractivity contribution in [3.63, 3.8) is 0 Å². The van der Waals surface area contributed by atoms with E-state index >= 15 is 0 Å². The molecule has 0 fully saturated rings. The number of carbonyl (C=O) groups is 3. The molecule has 0 radical (unpaired) electrons. The Labute approximate surface area is 186 Å². The number of esters is 1. The maximum atomic E-state index is 12.5. The van der Waals surface area contributed by atoms with Gasteiger partial charge in [-0.3, -0.25) is 9.59 Å². The number of anilines is 1. The molecule has 8 heteroatoms. The van der Waals surface area contributed by atoms with Crippen LogP contribution in [0.1, 0.15) is 48.4 Å². The van der Waals surface area contributed by atoms with Crippen LogP contribution in [0.3, 0.4) is 0 Å². The third kappa shape index (κ3) is 6.72. The number of hydrogen-bond acceptors (Lipinski definition) is 6. The second-order valence-corrected chi connectivity index (χ2v) is 7.77. The topological polar surface area (TPSA) is 90.9 Å². The Morgan fingerprint density at radius 2 is 1.68 bits per heavy atom. The number of methoxy groups -OCH3 is 1. The van der Waals surface area contributed by atoms with Gasteiger partial charge in [-0.15, -0.1) is 0 Å². The Bertz CT molecular complexity index is 955. The van der Waals surface area contributed by atoms with Crippen LogP contribution in [-0.4, -0.2) is 37.5 Å². The minimum absolute atomic E-state index is 0.0742.